The van der Waals surface area contributed by atoms with Crippen LogP contribution in [0, 0.1) is 6.92 Å². The maximum atomic E-state index is 5.54. The minimum atomic E-state index is 0.696. The molecule has 1 aromatic carbocycles. The normalized spacial score (nSPS) is 11.5. The first-order valence-corrected chi connectivity index (χ1v) is 7.02. The van der Waals surface area contributed by atoms with Gasteiger partial charge in [-0.25, -0.2) is 5.84 Å². The Morgan fingerprint density at radius 1 is 1.35 bits per heavy atom. The lowest BCUT2D eigenvalue weighted by Gasteiger charge is -2.20. The van der Waals surface area contributed by atoms with Crippen LogP contribution in [0.3, 0.4) is 0 Å². The molecule has 0 atom stereocenters. The Kier molecular flexibility index (Phi) is 7.69. The highest BCUT2D eigenvalue weighted by Crippen LogP contribution is 2.05. The van der Waals surface area contributed by atoms with Crippen molar-refractivity contribution in [3.05, 3.63) is 35.4 Å². The van der Waals surface area contributed by atoms with E-state index in [9.17, 15) is 0 Å². The number of nitrogens with one attached hydrogen (secondary N) is 1. The van der Waals surface area contributed by atoms with Gasteiger partial charge in [-0.3, -0.25) is 10.4 Å². The number of ether oxygens (including phenoxy) is 1. The lowest BCUT2D eigenvalue weighted by atomic mass is 10.1. The fourth-order valence-electron chi connectivity index (χ4n) is 1.81. The van der Waals surface area contributed by atoms with Crippen molar-refractivity contribution < 1.29 is 4.74 Å². The molecule has 0 radical (unpaired) electrons. The Bertz CT molecular complexity index is 403. The summed E-state index contributed by atoms with van der Waals surface area (Å²) in [5.74, 6) is 6.24. The molecule has 20 heavy (non-hydrogen) atoms. The third-order valence-corrected chi connectivity index (χ3v) is 2.94. The van der Waals surface area contributed by atoms with Crippen LogP contribution in [-0.2, 0) is 11.3 Å². The van der Waals surface area contributed by atoms with E-state index in [1.54, 1.807) is 0 Å². The molecule has 112 valence electrons. The lowest BCUT2D eigenvalue weighted by Crippen LogP contribution is -2.42. The molecule has 0 fully saturated rings. The van der Waals surface area contributed by atoms with E-state index in [1.165, 1.54) is 11.1 Å². The van der Waals surface area contributed by atoms with Gasteiger partial charge in [0.25, 0.3) is 0 Å². The van der Waals surface area contributed by atoms with Crippen molar-refractivity contribution in [1.29, 1.82) is 0 Å². The number of guanidine groups is 1. The van der Waals surface area contributed by atoms with Gasteiger partial charge in [-0.05, 0) is 25.8 Å². The predicted molar refractivity (Wildman–Crippen MR) is 83.4 cm³/mol. The molecule has 0 aromatic heterocycles. The molecule has 0 aliphatic heterocycles. The van der Waals surface area contributed by atoms with Gasteiger partial charge in [0.05, 0.1) is 0 Å². The largest absolute Gasteiger partial charge is 0.382 e. The number of nitrogens with two attached hydrogens (primary N) is 1. The number of benzene rings is 1. The topological polar surface area (TPSA) is 62.9 Å². The minimum Gasteiger partial charge on any atom is -0.382 e. The van der Waals surface area contributed by atoms with Crippen molar-refractivity contribution in [2.45, 2.75) is 26.8 Å². The second-order valence-electron chi connectivity index (χ2n) is 4.74. The molecule has 0 heterocycles. The standard InChI is InChI=1S/C15H26N4O/c1-4-20-11-5-10-17-15(18-16)19(3)12-14-8-6-13(2)7-9-14/h6-9H,4-5,10-12,16H2,1-3H3,(H,17,18). The number of aryl methyl sites for hydroxylation is 1. The van der Waals surface area contributed by atoms with Crippen LogP contribution in [0.1, 0.15) is 24.5 Å². The summed E-state index contributed by atoms with van der Waals surface area (Å²) in [6.07, 6.45) is 0.900. The SMILES string of the molecule is CCOCCCN=C(NN)N(C)Cc1ccc(C)cc1. The fraction of sp³-hybridized carbons (Fsp3) is 0.533. The quantitative estimate of drug-likeness (QED) is 0.262. The molecule has 5 nitrogen and oxygen atoms in total. The fourth-order valence-corrected chi connectivity index (χ4v) is 1.81. The summed E-state index contributed by atoms with van der Waals surface area (Å²) in [7, 11) is 1.97. The van der Waals surface area contributed by atoms with E-state index in [0.29, 0.717) is 12.5 Å². The molecule has 5 heteroatoms. The number of nitrogens with zero attached hydrogens (tertiary/aromatic N) is 2. The summed E-state index contributed by atoms with van der Waals surface area (Å²) < 4.78 is 5.28. The van der Waals surface area contributed by atoms with Gasteiger partial charge in [0.1, 0.15) is 0 Å². The highest BCUT2D eigenvalue weighted by atomic mass is 16.5. The molecule has 0 saturated carbocycles. The van der Waals surface area contributed by atoms with E-state index in [2.05, 4.69) is 41.6 Å². The van der Waals surface area contributed by atoms with E-state index in [0.717, 1.165) is 26.2 Å². The van der Waals surface area contributed by atoms with Gasteiger partial charge < -0.3 is 9.64 Å². The number of rotatable bonds is 7. The van der Waals surface area contributed by atoms with Crippen LogP contribution in [0.5, 0.6) is 0 Å². The van der Waals surface area contributed by atoms with Gasteiger partial charge in [0, 0.05) is 33.4 Å². The summed E-state index contributed by atoms with van der Waals surface area (Å²) in [6, 6.07) is 8.46. The lowest BCUT2D eigenvalue weighted by molar-refractivity contribution is 0.146. The number of hydrogen-bond donors (Lipinski definition) is 2. The molecule has 0 unspecified atom stereocenters. The van der Waals surface area contributed by atoms with E-state index in [4.69, 9.17) is 10.6 Å². The minimum absolute atomic E-state index is 0.696. The van der Waals surface area contributed by atoms with Gasteiger partial charge in [-0.15, -0.1) is 0 Å². The van der Waals surface area contributed by atoms with Crippen LogP contribution in [0.2, 0.25) is 0 Å². The van der Waals surface area contributed by atoms with Crippen LogP contribution in [-0.4, -0.2) is 37.7 Å². The highest BCUT2D eigenvalue weighted by Gasteiger charge is 2.05. The smallest absolute Gasteiger partial charge is 0.208 e. The van der Waals surface area contributed by atoms with Crippen LogP contribution in [0.15, 0.2) is 29.3 Å². The second-order valence-corrected chi connectivity index (χ2v) is 4.74. The zero-order valence-corrected chi connectivity index (χ0v) is 12.7. The molecule has 0 amide bonds. The molecule has 1 aromatic rings. The van der Waals surface area contributed by atoms with Crippen molar-refractivity contribution in [2.75, 3.05) is 26.8 Å². The predicted octanol–water partition coefficient (Wildman–Crippen LogP) is 1.67. The third-order valence-electron chi connectivity index (χ3n) is 2.94. The maximum absolute atomic E-state index is 5.54. The summed E-state index contributed by atoms with van der Waals surface area (Å²) >= 11 is 0. The highest BCUT2D eigenvalue weighted by molar-refractivity contribution is 5.79. The average Bonchev–Trinajstić information content (AvgIpc) is 2.45. The summed E-state index contributed by atoms with van der Waals surface area (Å²) in [5, 5.41) is 0. The molecular weight excluding hydrogens is 252 g/mol. The zero-order chi connectivity index (χ0) is 14.8. The summed E-state index contributed by atoms with van der Waals surface area (Å²) in [4.78, 5) is 6.46. The van der Waals surface area contributed by atoms with Crippen LogP contribution < -0.4 is 11.3 Å². The maximum Gasteiger partial charge on any atom is 0.208 e. The monoisotopic (exact) mass is 278 g/mol. The Labute approximate surface area is 121 Å². The van der Waals surface area contributed by atoms with Crippen molar-refractivity contribution in [1.82, 2.24) is 10.3 Å². The Morgan fingerprint density at radius 3 is 2.65 bits per heavy atom. The Balaban J connectivity index is 2.47. The van der Waals surface area contributed by atoms with E-state index in [1.807, 2.05) is 18.9 Å². The number of hydrogen-bond acceptors (Lipinski definition) is 3. The molecule has 0 saturated heterocycles. The van der Waals surface area contributed by atoms with Crippen LogP contribution in [0.4, 0.5) is 0 Å². The third kappa shape index (κ3) is 6.04. The molecule has 0 aliphatic carbocycles. The van der Waals surface area contributed by atoms with Crippen molar-refractivity contribution in [2.24, 2.45) is 10.8 Å². The Hall–Kier alpha value is -1.59. The summed E-state index contributed by atoms with van der Waals surface area (Å²) in [6.45, 7) is 7.04. The molecule has 0 spiro atoms. The van der Waals surface area contributed by atoms with E-state index >= 15 is 0 Å². The van der Waals surface area contributed by atoms with E-state index in [-0.39, 0.29) is 0 Å². The van der Waals surface area contributed by atoms with Crippen molar-refractivity contribution in [3.8, 4) is 0 Å². The van der Waals surface area contributed by atoms with Crippen LogP contribution >= 0.6 is 0 Å². The molecule has 1 rings (SSSR count). The summed E-state index contributed by atoms with van der Waals surface area (Å²) in [5.41, 5.74) is 5.15. The van der Waals surface area contributed by atoms with Crippen LogP contribution in [0.25, 0.3) is 0 Å². The van der Waals surface area contributed by atoms with Gasteiger partial charge >= 0.3 is 0 Å². The van der Waals surface area contributed by atoms with Crippen molar-refractivity contribution >= 4 is 5.96 Å². The number of hydrazine groups is 1. The first-order chi connectivity index (χ1) is 9.67. The number of aliphatic imine (C=N–C) groups is 1. The first-order valence-electron chi connectivity index (χ1n) is 7.02. The Morgan fingerprint density at radius 2 is 2.05 bits per heavy atom. The van der Waals surface area contributed by atoms with Gasteiger partial charge in [0.15, 0.2) is 0 Å². The van der Waals surface area contributed by atoms with Gasteiger partial charge in [0.2, 0.25) is 5.96 Å². The van der Waals surface area contributed by atoms with Gasteiger partial charge in [-0.1, -0.05) is 29.8 Å². The van der Waals surface area contributed by atoms with E-state index < -0.39 is 0 Å². The first kappa shape index (κ1) is 16.5. The zero-order valence-electron chi connectivity index (χ0n) is 12.7. The van der Waals surface area contributed by atoms with Crippen molar-refractivity contribution in [3.63, 3.8) is 0 Å². The molecule has 0 bridgehead atoms. The molecule has 3 N–H and O–H groups in total. The molecule has 0 aliphatic rings. The second kappa shape index (κ2) is 9.34. The average molecular weight is 278 g/mol. The molecular formula is C15H26N4O. The van der Waals surface area contributed by atoms with Gasteiger partial charge in [-0.2, -0.15) is 0 Å².